The summed E-state index contributed by atoms with van der Waals surface area (Å²) in [6.07, 6.45) is 5.95. The number of carbonyl (C=O) groups is 2. The average Bonchev–Trinajstić information content (AvgIpc) is 3.84. The maximum Gasteiger partial charge on any atom is 0.303 e. The molecule has 8 heteroatoms. The highest BCUT2D eigenvalue weighted by Crippen LogP contribution is 2.45. The predicted octanol–water partition coefficient (Wildman–Crippen LogP) is 5.94. The molecular weight excluding hydrogens is 518 g/mol. The van der Waals surface area contributed by atoms with Crippen LogP contribution in [0.4, 0.5) is 11.5 Å². The lowest BCUT2D eigenvalue weighted by Crippen LogP contribution is -2.37. The Hall–Kier alpha value is -4.07. The lowest BCUT2D eigenvalue weighted by atomic mass is 9.91. The first kappa shape index (κ1) is 28.5. The van der Waals surface area contributed by atoms with Crippen molar-refractivity contribution in [3.8, 4) is 11.5 Å². The summed E-state index contributed by atoms with van der Waals surface area (Å²) in [4.78, 5) is 33.2. The summed E-state index contributed by atoms with van der Waals surface area (Å²) in [6, 6.07) is 17.4. The first-order chi connectivity index (χ1) is 19.8. The van der Waals surface area contributed by atoms with E-state index in [4.69, 9.17) is 9.47 Å². The second kappa shape index (κ2) is 12.6. The Morgan fingerprint density at radius 1 is 1.05 bits per heavy atom. The van der Waals surface area contributed by atoms with Gasteiger partial charge in [-0.3, -0.25) is 14.5 Å². The fraction of sp³-hybridized carbons (Fsp3) is 0.424. The maximum absolute atomic E-state index is 13.6. The molecule has 1 aromatic heterocycles. The number of carboxylic acid groups (broad SMARTS) is 1. The van der Waals surface area contributed by atoms with Gasteiger partial charge in [-0.25, -0.2) is 4.98 Å². The normalized spacial score (nSPS) is 16.2. The summed E-state index contributed by atoms with van der Waals surface area (Å²) in [5, 5.41) is 9.37. The van der Waals surface area contributed by atoms with Crippen molar-refractivity contribution in [3.63, 3.8) is 0 Å². The lowest BCUT2D eigenvalue weighted by Gasteiger charge is -2.35. The zero-order valence-corrected chi connectivity index (χ0v) is 24.1. The van der Waals surface area contributed by atoms with Gasteiger partial charge in [-0.2, -0.15) is 0 Å². The van der Waals surface area contributed by atoms with Gasteiger partial charge >= 0.3 is 5.97 Å². The van der Waals surface area contributed by atoms with Crippen LogP contribution in [-0.4, -0.2) is 55.8 Å². The van der Waals surface area contributed by atoms with Gasteiger partial charge in [0, 0.05) is 32.4 Å². The molecule has 2 aliphatic rings. The fourth-order valence-electron chi connectivity index (χ4n) is 5.70. The number of amides is 1. The molecule has 216 valence electrons. The van der Waals surface area contributed by atoms with E-state index in [0.717, 1.165) is 61.3 Å². The molecule has 2 fully saturated rings. The van der Waals surface area contributed by atoms with Gasteiger partial charge in [0.15, 0.2) is 0 Å². The van der Waals surface area contributed by atoms with Crippen LogP contribution in [0, 0.1) is 18.8 Å². The van der Waals surface area contributed by atoms with Crippen molar-refractivity contribution in [2.24, 2.45) is 11.8 Å². The number of carboxylic acids is 1. The Morgan fingerprint density at radius 2 is 1.83 bits per heavy atom. The molecule has 2 aromatic carbocycles. The summed E-state index contributed by atoms with van der Waals surface area (Å²) in [5.41, 5.74) is 3.59. The molecule has 1 aliphatic heterocycles. The monoisotopic (exact) mass is 557 g/mol. The maximum atomic E-state index is 13.6. The van der Waals surface area contributed by atoms with Gasteiger partial charge < -0.3 is 19.5 Å². The number of hydrogen-bond donors (Lipinski definition) is 1. The van der Waals surface area contributed by atoms with Crippen molar-refractivity contribution in [2.45, 2.75) is 44.9 Å². The molecule has 1 saturated carbocycles. The minimum atomic E-state index is -0.751. The lowest BCUT2D eigenvalue weighted by molar-refractivity contribution is -0.137. The van der Waals surface area contributed by atoms with Crippen LogP contribution in [0.15, 0.2) is 60.8 Å². The molecule has 41 heavy (non-hydrogen) atoms. The van der Waals surface area contributed by atoms with Crippen molar-refractivity contribution in [2.75, 3.05) is 43.7 Å². The summed E-state index contributed by atoms with van der Waals surface area (Å²) in [5.74, 6) is 2.17. The van der Waals surface area contributed by atoms with E-state index in [-0.39, 0.29) is 18.2 Å². The van der Waals surface area contributed by atoms with E-state index in [1.54, 1.807) is 25.3 Å². The van der Waals surface area contributed by atoms with Crippen molar-refractivity contribution in [1.82, 2.24) is 4.98 Å². The number of anilines is 2. The van der Waals surface area contributed by atoms with Gasteiger partial charge in [0.1, 0.15) is 17.3 Å². The average molecular weight is 558 g/mol. The van der Waals surface area contributed by atoms with Crippen LogP contribution < -0.4 is 19.3 Å². The molecule has 5 rings (SSSR count). The highest BCUT2D eigenvalue weighted by Gasteiger charge is 2.34. The van der Waals surface area contributed by atoms with Crippen molar-refractivity contribution in [3.05, 3.63) is 77.5 Å². The fourth-order valence-corrected chi connectivity index (χ4v) is 5.70. The van der Waals surface area contributed by atoms with Gasteiger partial charge in [0.25, 0.3) is 5.91 Å². The number of nitrogens with zero attached hydrogens (tertiary/aromatic N) is 3. The van der Waals surface area contributed by atoms with Crippen LogP contribution in [0.5, 0.6) is 11.5 Å². The highest BCUT2D eigenvalue weighted by atomic mass is 16.5. The third kappa shape index (κ3) is 6.99. The van der Waals surface area contributed by atoms with E-state index in [1.165, 1.54) is 0 Å². The predicted molar refractivity (Wildman–Crippen MR) is 159 cm³/mol. The molecule has 8 nitrogen and oxygen atoms in total. The highest BCUT2D eigenvalue weighted by molar-refractivity contribution is 6.09. The molecule has 0 bridgehead atoms. The number of rotatable bonds is 11. The van der Waals surface area contributed by atoms with Crippen molar-refractivity contribution >= 4 is 23.4 Å². The summed E-state index contributed by atoms with van der Waals surface area (Å²) >= 11 is 0. The Morgan fingerprint density at radius 3 is 2.51 bits per heavy atom. The summed E-state index contributed by atoms with van der Waals surface area (Å²) in [6.45, 7) is 4.19. The van der Waals surface area contributed by atoms with Gasteiger partial charge in [-0.1, -0.05) is 12.1 Å². The minimum Gasteiger partial charge on any atom is -0.497 e. The smallest absolute Gasteiger partial charge is 0.303 e. The second-order valence-corrected chi connectivity index (χ2v) is 11.3. The number of piperidine rings is 1. The van der Waals surface area contributed by atoms with Crippen LogP contribution in [0.2, 0.25) is 0 Å². The molecule has 1 amide bonds. The van der Waals surface area contributed by atoms with Crippen LogP contribution >= 0.6 is 0 Å². The Kier molecular flexibility index (Phi) is 8.76. The largest absolute Gasteiger partial charge is 0.497 e. The number of ether oxygens (including phenoxy) is 2. The van der Waals surface area contributed by atoms with E-state index >= 15 is 0 Å². The van der Waals surface area contributed by atoms with Crippen LogP contribution in [0.1, 0.15) is 59.5 Å². The summed E-state index contributed by atoms with van der Waals surface area (Å²) in [7, 11) is 3.39. The third-order valence-corrected chi connectivity index (χ3v) is 8.30. The number of methoxy groups -OCH3 is 1. The number of aromatic nitrogens is 1. The first-order valence-corrected chi connectivity index (χ1v) is 14.4. The van der Waals surface area contributed by atoms with Gasteiger partial charge in [0.2, 0.25) is 0 Å². The molecule has 0 spiro atoms. The molecule has 1 unspecified atom stereocenters. The van der Waals surface area contributed by atoms with Crippen molar-refractivity contribution in [1.29, 1.82) is 0 Å². The molecular formula is C33H39N3O5. The molecule has 0 radical (unpaired) electrons. The zero-order chi connectivity index (χ0) is 28.9. The van der Waals surface area contributed by atoms with E-state index in [9.17, 15) is 14.7 Å². The van der Waals surface area contributed by atoms with Gasteiger partial charge in [0.05, 0.1) is 31.4 Å². The Labute approximate surface area is 241 Å². The van der Waals surface area contributed by atoms with Crippen LogP contribution in [0.3, 0.4) is 0 Å². The summed E-state index contributed by atoms with van der Waals surface area (Å²) < 4.78 is 11.7. The Balaban J connectivity index is 1.22. The quantitative estimate of drug-likeness (QED) is 0.312. The molecule has 1 aliphatic carbocycles. The molecule has 1 saturated heterocycles. The SMILES string of the molecule is COc1ccc(C(=O)N(C)c2cc(C)ccn2)c(N2CCC(COc3cccc(C(CC(=O)O)C4CC4)c3)CC2)c1. The minimum absolute atomic E-state index is 0.0554. The number of pyridine rings is 1. The van der Waals surface area contributed by atoms with Crippen LogP contribution in [0.25, 0.3) is 0 Å². The van der Waals surface area contributed by atoms with Crippen LogP contribution in [-0.2, 0) is 4.79 Å². The number of aliphatic carboxylic acids is 1. The number of benzene rings is 2. The van der Waals surface area contributed by atoms with E-state index in [2.05, 4.69) is 9.88 Å². The molecule has 1 N–H and O–H groups in total. The van der Waals surface area contributed by atoms with E-state index in [0.29, 0.717) is 35.6 Å². The zero-order valence-electron chi connectivity index (χ0n) is 24.1. The Bertz CT molecular complexity index is 1380. The van der Waals surface area contributed by atoms with Crippen molar-refractivity contribution < 1.29 is 24.2 Å². The van der Waals surface area contributed by atoms with Gasteiger partial charge in [-0.05, 0) is 97.9 Å². The van der Waals surface area contributed by atoms with Gasteiger partial charge in [-0.15, -0.1) is 0 Å². The number of hydrogen-bond acceptors (Lipinski definition) is 6. The van der Waals surface area contributed by atoms with E-state index < -0.39 is 5.97 Å². The molecule has 1 atom stereocenters. The second-order valence-electron chi connectivity index (χ2n) is 11.3. The van der Waals surface area contributed by atoms with E-state index in [1.807, 2.05) is 61.5 Å². The molecule has 2 heterocycles. The third-order valence-electron chi connectivity index (χ3n) is 8.30. The standard InChI is InChI=1S/C33H39N3O5/c1-22-11-14-34-31(17-22)35(2)33(39)28-10-9-26(40-3)19-30(28)36-15-12-23(13-16-36)21-41-27-6-4-5-25(18-27)29(20-32(37)38)24-7-8-24/h4-6,9-11,14,17-19,23-24,29H,7-8,12-13,15-16,20-21H2,1-3H3,(H,37,38). The topological polar surface area (TPSA) is 92.2 Å². The number of carbonyl (C=O) groups excluding carboxylic acids is 1. The number of aryl methyl sites for hydroxylation is 1. The molecule has 3 aromatic rings. The first-order valence-electron chi connectivity index (χ1n) is 14.4.